The largest absolute Gasteiger partial charge is 0.309 e. The van der Waals surface area contributed by atoms with Gasteiger partial charge in [-0.3, -0.25) is 0 Å². The first-order valence-corrected chi connectivity index (χ1v) is 6.62. The van der Waals surface area contributed by atoms with E-state index in [1.54, 1.807) is 0 Å². The number of rotatable bonds is 0. The average Bonchev–Trinajstić information content (AvgIpc) is 2.77. The first-order chi connectivity index (χ1) is 8.56. The van der Waals surface area contributed by atoms with Gasteiger partial charge in [0.1, 0.15) is 0 Å². The third kappa shape index (κ3) is 0.900. The Morgan fingerprint density at radius 1 is 1.22 bits per heavy atom. The Kier molecular flexibility index (Phi) is 1.63. The first-order valence-electron chi connectivity index (χ1n) is 6.62. The molecule has 1 aromatic heterocycles. The van der Waals surface area contributed by atoms with Gasteiger partial charge in [0.05, 0.1) is 18.2 Å². The molecule has 2 heterocycles. The molecule has 0 amide bonds. The van der Waals surface area contributed by atoms with Crippen LogP contribution < -0.4 is 4.57 Å². The fraction of sp³-hybridized carbons (Fsp3) is 0.467. The lowest BCUT2D eigenvalue weighted by atomic mass is 9.51. The average molecular weight is 240 g/mol. The van der Waals surface area contributed by atoms with Gasteiger partial charge in [-0.2, -0.15) is 0 Å². The summed E-state index contributed by atoms with van der Waals surface area (Å²) in [6.07, 6.45) is 4.64. The third-order valence-corrected chi connectivity index (χ3v) is 5.36. The number of hydrogen-bond acceptors (Lipinski definition) is 1. The highest BCUT2D eigenvalue weighted by Gasteiger charge is 2.62. The van der Waals surface area contributed by atoms with E-state index in [1.807, 2.05) is 11.7 Å². The van der Waals surface area contributed by atoms with Gasteiger partial charge < -0.3 is 0 Å². The highest BCUT2D eigenvalue weighted by Crippen LogP contribution is 2.57. The van der Waals surface area contributed by atoms with Gasteiger partial charge >= 0.3 is 5.82 Å². The zero-order valence-corrected chi connectivity index (χ0v) is 11.1. The van der Waals surface area contributed by atoms with E-state index in [9.17, 15) is 0 Å². The van der Waals surface area contributed by atoms with Crippen LogP contribution in [0.2, 0.25) is 0 Å². The van der Waals surface area contributed by atoms with E-state index in [0.717, 1.165) is 5.82 Å². The molecule has 0 bridgehead atoms. The Bertz CT molecular complexity index is 658. The van der Waals surface area contributed by atoms with Gasteiger partial charge in [0, 0.05) is 10.5 Å². The van der Waals surface area contributed by atoms with Gasteiger partial charge in [-0.05, 0) is 31.4 Å². The predicted octanol–water partition coefficient (Wildman–Crippen LogP) is 2.15. The van der Waals surface area contributed by atoms with Crippen molar-refractivity contribution in [2.24, 2.45) is 7.05 Å². The standard InChI is InChI=1S/C15H18N3/c1-14-8-9-15(14,2)18-10-17(3)16-13(18)11-6-4-5-7-12(11)14/h4-7,10H,8-9H2,1-3H3/q+1. The minimum absolute atomic E-state index is 0.185. The Hall–Kier alpha value is -1.64. The minimum atomic E-state index is 0.185. The van der Waals surface area contributed by atoms with Crippen molar-refractivity contribution in [1.82, 2.24) is 9.78 Å². The molecule has 1 aromatic carbocycles. The predicted molar refractivity (Wildman–Crippen MR) is 69.1 cm³/mol. The number of aryl methyl sites for hydroxylation is 1. The van der Waals surface area contributed by atoms with Gasteiger partial charge in [-0.1, -0.05) is 25.1 Å². The van der Waals surface area contributed by atoms with Crippen molar-refractivity contribution in [3.63, 3.8) is 0 Å². The molecule has 2 aromatic rings. The second-order valence-corrected chi connectivity index (χ2v) is 6.13. The maximum absolute atomic E-state index is 4.67. The van der Waals surface area contributed by atoms with E-state index in [-0.39, 0.29) is 11.0 Å². The Morgan fingerprint density at radius 2 is 2.00 bits per heavy atom. The summed E-state index contributed by atoms with van der Waals surface area (Å²) in [5.74, 6) is 1.12. The molecule has 92 valence electrons. The van der Waals surface area contributed by atoms with E-state index >= 15 is 0 Å². The van der Waals surface area contributed by atoms with Crippen LogP contribution in [0.1, 0.15) is 32.3 Å². The van der Waals surface area contributed by atoms with Crippen molar-refractivity contribution in [1.29, 1.82) is 0 Å². The molecule has 3 nitrogen and oxygen atoms in total. The van der Waals surface area contributed by atoms with Crippen LogP contribution in [0, 0.1) is 0 Å². The van der Waals surface area contributed by atoms with Crippen molar-refractivity contribution in [3.8, 4) is 11.4 Å². The van der Waals surface area contributed by atoms with E-state index in [2.05, 4.69) is 54.1 Å². The number of fused-ring (bicyclic) bond motifs is 6. The summed E-state index contributed by atoms with van der Waals surface area (Å²) in [5.41, 5.74) is 3.21. The molecule has 2 atom stereocenters. The summed E-state index contributed by atoms with van der Waals surface area (Å²) in [6, 6.07) is 8.76. The molecule has 0 N–H and O–H groups in total. The molecule has 1 aliphatic carbocycles. The molecule has 0 radical (unpaired) electrons. The molecule has 1 fully saturated rings. The Balaban J connectivity index is 2.12. The zero-order valence-electron chi connectivity index (χ0n) is 11.1. The summed E-state index contributed by atoms with van der Waals surface area (Å²) in [7, 11) is 2.01. The lowest BCUT2D eigenvalue weighted by Gasteiger charge is -2.56. The fourth-order valence-corrected chi connectivity index (χ4v) is 3.82. The van der Waals surface area contributed by atoms with Crippen LogP contribution >= 0.6 is 0 Å². The van der Waals surface area contributed by atoms with Crippen LogP contribution in [0.3, 0.4) is 0 Å². The molecule has 4 rings (SSSR count). The minimum Gasteiger partial charge on any atom is -0.224 e. The number of hydrogen-bond donors (Lipinski definition) is 0. The lowest BCUT2D eigenvalue weighted by Crippen LogP contribution is -2.72. The van der Waals surface area contributed by atoms with Gasteiger partial charge in [0.2, 0.25) is 6.33 Å². The molecular weight excluding hydrogens is 222 g/mol. The summed E-state index contributed by atoms with van der Waals surface area (Å²) in [6.45, 7) is 4.77. The van der Waals surface area contributed by atoms with Crippen molar-refractivity contribution < 1.29 is 4.57 Å². The van der Waals surface area contributed by atoms with Gasteiger partial charge in [0.15, 0.2) is 0 Å². The fourth-order valence-electron chi connectivity index (χ4n) is 3.82. The van der Waals surface area contributed by atoms with Gasteiger partial charge in [-0.15, -0.1) is 4.68 Å². The van der Waals surface area contributed by atoms with Crippen LogP contribution in [-0.2, 0) is 18.0 Å². The van der Waals surface area contributed by atoms with Crippen LogP contribution in [-0.4, -0.2) is 9.78 Å². The van der Waals surface area contributed by atoms with Crippen LogP contribution in [0.25, 0.3) is 11.4 Å². The van der Waals surface area contributed by atoms with Crippen molar-refractivity contribution >= 4 is 0 Å². The summed E-state index contributed by atoms with van der Waals surface area (Å²) in [4.78, 5) is 0. The molecular formula is C15H18N3+. The van der Waals surface area contributed by atoms with Crippen molar-refractivity contribution in [2.45, 2.75) is 37.6 Å². The maximum Gasteiger partial charge on any atom is 0.309 e. The molecule has 0 saturated heterocycles. The van der Waals surface area contributed by atoms with E-state index in [1.165, 1.54) is 24.0 Å². The van der Waals surface area contributed by atoms with E-state index < -0.39 is 0 Å². The van der Waals surface area contributed by atoms with Gasteiger partial charge in [-0.25, -0.2) is 4.57 Å². The highest BCUT2D eigenvalue weighted by atomic mass is 15.4. The van der Waals surface area contributed by atoms with E-state index in [4.69, 9.17) is 0 Å². The highest BCUT2D eigenvalue weighted by molar-refractivity contribution is 5.63. The molecule has 2 aliphatic rings. The van der Waals surface area contributed by atoms with Crippen LogP contribution in [0.15, 0.2) is 30.6 Å². The van der Waals surface area contributed by atoms with Crippen LogP contribution in [0.4, 0.5) is 0 Å². The van der Waals surface area contributed by atoms with E-state index in [0.29, 0.717) is 0 Å². The molecule has 3 heteroatoms. The number of aromatic nitrogens is 3. The second kappa shape index (κ2) is 2.85. The molecule has 18 heavy (non-hydrogen) atoms. The quantitative estimate of drug-likeness (QED) is 0.647. The normalized spacial score (nSPS) is 32.2. The summed E-state index contributed by atoms with van der Waals surface area (Å²) in [5, 5.41) is 4.67. The molecule has 2 unspecified atom stereocenters. The lowest BCUT2D eigenvalue weighted by molar-refractivity contribution is -0.778. The Labute approximate surface area is 107 Å². The zero-order chi connectivity index (χ0) is 12.5. The van der Waals surface area contributed by atoms with Crippen molar-refractivity contribution in [3.05, 3.63) is 36.2 Å². The van der Waals surface area contributed by atoms with Crippen LogP contribution in [0.5, 0.6) is 0 Å². The molecule has 1 aliphatic heterocycles. The monoisotopic (exact) mass is 240 g/mol. The number of benzene rings is 1. The summed E-state index contributed by atoms with van der Waals surface area (Å²) < 4.78 is 4.32. The number of nitrogens with zero attached hydrogens (tertiary/aromatic N) is 3. The smallest absolute Gasteiger partial charge is 0.224 e. The third-order valence-electron chi connectivity index (χ3n) is 5.36. The SMILES string of the molecule is Cn1c[n+]2c(n1)-c1ccccc1C1(C)CCC21C. The molecule has 0 spiro atoms. The summed E-state index contributed by atoms with van der Waals surface area (Å²) >= 11 is 0. The first kappa shape index (κ1) is 10.3. The van der Waals surface area contributed by atoms with Gasteiger partial charge in [0.25, 0.3) is 0 Å². The topological polar surface area (TPSA) is 21.7 Å². The second-order valence-electron chi connectivity index (χ2n) is 6.13. The van der Waals surface area contributed by atoms with Crippen molar-refractivity contribution in [2.75, 3.05) is 0 Å². The molecule has 1 saturated carbocycles. The Morgan fingerprint density at radius 3 is 2.72 bits per heavy atom. The maximum atomic E-state index is 4.67.